The van der Waals surface area contributed by atoms with E-state index in [1.54, 1.807) is 24.2 Å². The van der Waals surface area contributed by atoms with Gasteiger partial charge < -0.3 is 14.4 Å². The van der Waals surface area contributed by atoms with Crippen LogP contribution in [0.4, 0.5) is 0 Å². The Hall–Kier alpha value is -2.15. The minimum Gasteiger partial charge on any atom is -0.339 e. The largest absolute Gasteiger partial charge is 0.339 e. The van der Waals surface area contributed by atoms with Crippen LogP contribution in [0.2, 0.25) is 0 Å². The van der Waals surface area contributed by atoms with E-state index < -0.39 is 0 Å². The summed E-state index contributed by atoms with van der Waals surface area (Å²) in [6.45, 7) is 5.94. The molecule has 26 heavy (non-hydrogen) atoms. The minimum absolute atomic E-state index is 0.113. The van der Waals surface area contributed by atoms with Crippen LogP contribution in [0.15, 0.2) is 23.1 Å². The molecule has 1 aromatic rings. The highest BCUT2D eigenvalue weighted by Crippen LogP contribution is 2.17. The molecule has 1 unspecified atom stereocenters. The smallest absolute Gasteiger partial charge is 0.254 e. The van der Waals surface area contributed by atoms with Gasteiger partial charge >= 0.3 is 0 Å². The normalized spacial score (nSPS) is 21.7. The maximum absolute atomic E-state index is 12.6. The molecule has 0 radical (unpaired) electrons. The molecule has 0 bridgehead atoms. The predicted octanol–water partition coefficient (Wildman–Crippen LogP) is 0.544. The lowest BCUT2D eigenvalue weighted by atomic mass is 10.0. The predicted molar refractivity (Wildman–Crippen MR) is 99.1 cm³/mol. The fourth-order valence-corrected chi connectivity index (χ4v) is 3.72. The number of nitrogens with zero attached hydrogens (tertiary/aromatic N) is 4. The number of aryl methyl sites for hydroxylation is 1. The van der Waals surface area contributed by atoms with Crippen molar-refractivity contribution in [3.63, 3.8) is 0 Å². The number of carbonyl (C=O) groups excluding carboxylic acids is 2. The van der Waals surface area contributed by atoms with Crippen molar-refractivity contribution >= 4 is 11.8 Å². The van der Waals surface area contributed by atoms with Gasteiger partial charge in [0.15, 0.2) is 0 Å². The van der Waals surface area contributed by atoms with E-state index in [0.717, 1.165) is 19.4 Å². The standard InChI is InChI=1S/C19H28N4O3/c1-15-5-3-4-7-23(15)18(25)14-21-9-11-22(12-10-21)19(26)16-6-8-20(2)17(24)13-16/h6,8,13,15H,3-5,7,9-12,14H2,1-2H3. The summed E-state index contributed by atoms with van der Waals surface area (Å²) in [5.74, 6) is 0.0851. The summed E-state index contributed by atoms with van der Waals surface area (Å²) in [4.78, 5) is 42.7. The van der Waals surface area contributed by atoms with Gasteiger partial charge in [-0.25, -0.2) is 0 Å². The lowest BCUT2D eigenvalue weighted by Crippen LogP contribution is -2.53. The van der Waals surface area contributed by atoms with Crippen molar-refractivity contribution in [2.75, 3.05) is 39.3 Å². The van der Waals surface area contributed by atoms with Crippen LogP contribution in [-0.2, 0) is 11.8 Å². The summed E-state index contributed by atoms with van der Waals surface area (Å²) in [5.41, 5.74) is 0.246. The van der Waals surface area contributed by atoms with E-state index in [-0.39, 0.29) is 17.4 Å². The average molecular weight is 360 g/mol. The quantitative estimate of drug-likeness (QED) is 0.789. The number of likely N-dealkylation sites (tertiary alicyclic amines) is 1. The molecule has 0 N–H and O–H groups in total. The van der Waals surface area contributed by atoms with Crippen LogP contribution >= 0.6 is 0 Å². The lowest BCUT2D eigenvalue weighted by Gasteiger charge is -2.38. The van der Waals surface area contributed by atoms with E-state index in [1.165, 1.54) is 17.1 Å². The third kappa shape index (κ3) is 4.15. The van der Waals surface area contributed by atoms with Crippen LogP contribution in [0.3, 0.4) is 0 Å². The Morgan fingerprint density at radius 2 is 1.85 bits per heavy atom. The second-order valence-corrected chi connectivity index (χ2v) is 7.36. The molecule has 2 aliphatic heterocycles. The zero-order chi connectivity index (χ0) is 18.7. The van der Waals surface area contributed by atoms with E-state index in [2.05, 4.69) is 11.8 Å². The molecule has 1 aromatic heterocycles. The Morgan fingerprint density at radius 1 is 1.12 bits per heavy atom. The Kier molecular flexibility index (Phi) is 5.76. The number of piperazine rings is 1. The zero-order valence-corrected chi connectivity index (χ0v) is 15.7. The number of hydrogen-bond acceptors (Lipinski definition) is 4. The molecule has 0 aromatic carbocycles. The SMILES string of the molecule is CC1CCCCN1C(=O)CN1CCN(C(=O)c2ccn(C)c(=O)c2)CC1. The number of aromatic nitrogens is 1. The van der Waals surface area contributed by atoms with E-state index in [0.29, 0.717) is 44.3 Å². The number of amides is 2. The van der Waals surface area contributed by atoms with Crippen LogP contribution in [0, 0.1) is 0 Å². The first-order valence-corrected chi connectivity index (χ1v) is 9.43. The van der Waals surface area contributed by atoms with Gasteiger partial charge in [-0.05, 0) is 32.3 Å². The third-order valence-electron chi connectivity index (χ3n) is 5.49. The summed E-state index contributed by atoms with van der Waals surface area (Å²) in [7, 11) is 1.66. The number of pyridine rings is 1. The maximum atomic E-state index is 12.6. The molecule has 2 amide bonds. The first-order valence-electron chi connectivity index (χ1n) is 9.43. The van der Waals surface area contributed by atoms with Crippen molar-refractivity contribution < 1.29 is 9.59 Å². The summed E-state index contributed by atoms with van der Waals surface area (Å²) >= 11 is 0. The number of piperidine rings is 1. The van der Waals surface area contributed by atoms with Gasteiger partial charge in [0, 0.05) is 63.6 Å². The number of hydrogen-bond donors (Lipinski definition) is 0. The summed E-state index contributed by atoms with van der Waals surface area (Å²) in [5, 5.41) is 0. The minimum atomic E-state index is -0.185. The van der Waals surface area contributed by atoms with E-state index >= 15 is 0 Å². The van der Waals surface area contributed by atoms with Crippen molar-refractivity contribution in [2.24, 2.45) is 7.05 Å². The van der Waals surface area contributed by atoms with Gasteiger partial charge in [0.2, 0.25) is 5.91 Å². The van der Waals surface area contributed by atoms with E-state index in [1.807, 2.05) is 4.90 Å². The third-order valence-corrected chi connectivity index (χ3v) is 5.49. The molecule has 0 aliphatic carbocycles. The molecule has 3 heterocycles. The molecule has 7 heteroatoms. The highest BCUT2D eigenvalue weighted by molar-refractivity contribution is 5.94. The molecule has 2 fully saturated rings. The van der Waals surface area contributed by atoms with Crippen LogP contribution in [0.1, 0.15) is 36.5 Å². The monoisotopic (exact) mass is 360 g/mol. The van der Waals surface area contributed by atoms with Gasteiger partial charge in [0.25, 0.3) is 11.5 Å². The average Bonchev–Trinajstić information content (AvgIpc) is 2.64. The van der Waals surface area contributed by atoms with Crippen LogP contribution in [0.25, 0.3) is 0 Å². The molecular formula is C19H28N4O3. The first-order chi connectivity index (χ1) is 12.5. The van der Waals surface area contributed by atoms with Gasteiger partial charge in [-0.3, -0.25) is 19.3 Å². The second-order valence-electron chi connectivity index (χ2n) is 7.36. The Morgan fingerprint density at radius 3 is 2.50 bits per heavy atom. The van der Waals surface area contributed by atoms with E-state index in [4.69, 9.17) is 0 Å². The fourth-order valence-electron chi connectivity index (χ4n) is 3.72. The second kappa shape index (κ2) is 8.03. The topological polar surface area (TPSA) is 65.9 Å². The molecular weight excluding hydrogens is 332 g/mol. The Balaban J connectivity index is 1.52. The highest BCUT2D eigenvalue weighted by Gasteiger charge is 2.27. The number of rotatable bonds is 3. The van der Waals surface area contributed by atoms with Crippen molar-refractivity contribution in [2.45, 2.75) is 32.2 Å². The summed E-state index contributed by atoms with van der Waals surface area (Å²) in [6, 6.07) is 3.40. The Bertz CT molecular complexity index is 722. The van der Waals surface area contributed by atoms with Crippen molar-refractivity contribution in [1.82, 2.24) is 19.3 Å². The van der Waals surface area contributed by atoms with Crippen molar-refractivity contribution in [1.29, 1.82) is 0 Å². The van der Waals surface area contributed by atoms with Gasteiger partial charge in [0.05, 0.1) is 6.54 Å². The molecule has 3 rings (SSSR count). The first kappa shape index (κ1) is 18.6. The van der Waals surface area contributed by atoms with Crippen molar-refractivity contribution in [3.05, 3.63) is 34.2 Å². The number of carbonyl (C=O) groups is 2. The van der Waals surface area contributed by atoms with Crippen LogP contribution in [-0.4, -0.2) is 76.4 Å². The Labute approximate surface area is 154 Å². The molecule has 0 saturated carbocycles. The lowest BCUT2D eigenvalue weighted by molar-refractivity contribution is -0.136. The molecule has 0 spiro atoms. The van der Waals surface area contributed by atoms with Gasteiger partial charge in [-0.15, -0.1) is 0 Å². The highest BCUT2D eigenvalue weighted by atomic mass is 16.2. The molecule has 2 saturated heterocycles. The molecule has 2 aliphatic rings. The van der Waals surface area contributed by atoms with E-state index in [9.17, 15) is 14.4 Å². The van der Waals surface area contributed by atoms with Gasteiger partial charge in [-0.1, -0.05) is 0 Å². The molecule has 142 valence electrons. The fraction of sp³-hybridized carbons (Fsp3) is 0.632. The van der Waals surface area contributed by atoms with Crippen molar-refractivity contribution in [3.8, 4) is 0 Å². The van der Waals surface area contributed by atoms with Crippen LogP contribution < -0.4 is 5.56 Å². The maximum Gasteiger partial charge on any atom is 0.254 e. The zero-order valence-electron chi connectivity index (χ0n) is 15.7. The molecule has 1 atom stereocenters. The summed E-state index contributed by atoms with van der Waals surface area (Å²) in [6.07, 6.45) is 5.00. The molecule has 7 nitrogen and oxygen atoms in total. The van der Waals surface area contributed by atoms with Gasteiger partial charge in [0.1, 0.15) is 0 Å². The summed E-state index contributed by atoms with van der Waals surface area (Å²) < 4.78 is 1.45. The van der Waals surface area contributed by atoms with Gasteiger partial charge in [-0.2, -0.15) is 0 Å². The van der Waals surface area contributed by atoms with Crippen LogP contribution in [0.5, 0.6) is 0 Å².